The Labute approximate surface area is 148 Å². The van der Waals surface area contributed by atoms with Crippen LogP contribution in [0.1, 0.15) is 23.8 Å². The Morgan fingerprint density at radius 3 is 2.80 bits per heavy atom. The summed E-state index contributed by atoms with van der Waals surface area (Å²) in [6.45, 7) is 4.20. The normalized spacial score (nSPS) is 10.6. The lowest BCUT2D eigenvalue weighted by Crippen LogP contribution is -2.18. The van der Waals surface area contributed by atoms with Crippen molar-refractivity contribution >= 4 is 17.4 Å². The van der Waals surface area contributed by atoms with E-state index in [9.17, 15) is 4.79 Å². The topological polar surface area (TPSA) is 79.4 Å². The highest BCUT2D eigenvalue weighted by Crippen LogP contribution is 2.24. The number of hydrogen-bond donors (Lipinski definition) is 2. The number of carbonyl (C=O) groups excluding carboxylic acids is 1. The van der Waals surface area contributed by atoms with Gasteiger partial charge in [0.25, 0.3) is 5.91 Å². The van der Waals surface area contributed by atoms with Gasteiger partial charge in [0.1, 0.15) is 23.6 Å². The zero-order valence-corrected chi connectivity index (χ0v) is 15.0. The molecule has 134 valence electrons. The molecule has 2 aromatic rings. The van der Waals surface area contributed by atoms with Gasteiger partial charge in [-0.15, -0.1) is 0 Å². The second-order valence-electron chi connectivity index (χ2n) is 5.76. The molecule has 2 rings (SSSR count). The van der Waals surface area contributed by atoms with E-state index in [0.717, 1.165) is 19.5 Å². The number of rotatable bonds is 9. The summed E-state index contributed by atoms with van der Waals surface area (Å²) in [5.74, 6) is 0.970. The molecule has 0 unspecified atom stereocenters. The standard InChI is InChI=1S/C18H25N5O2/c1-4-25-16-9-6-5-8-14(16)22-18(24)15-12-17(21-13-20-15)19-10-7-11-23(2)3/h5-6,8-9,12-13H,4,7,10-11H2,1-3H3,(H,22,24)(H,19,20,21). The third kappa shape index (κ3) is 6.04. The smallest absolute Gasteiger partial charge is 0.274 e. The van der Waals surface area contributed by atoms with Crippen molar-refractivity contribution in [2.24, 2.45) is 0 Å². The molecular formula is C18H25N5O2. The molecule has 1 heterocycles. The van der Waals surface area contributed by atoms with Gasteiger partial charge in [-0.05, 0) is 46.1 Å². The van der Waals surface area contributed by atoms with Crippen molar-refractivity contribution < 1.29 is 9.53 Å². The van der Waals surface area contributed by atoms with Crippen LogP contribution >= 0.6 is 0 Å². The number of carbonyl (C=O) groups is 1. The number of anilines is 2. The maximum absolute atomic E-state index is 12.5. The maximum Gasteiger partial charge on any atom is 0.274 e. The minimum atomic E-state index is -0.300. The van der Waals surface area contributed by atoms with Crippen LogP contribution in [0.25, 0.3) is 0 Å². The van der Waals surface area contributed by atoms with Crippen LogP contribution < -0.4 is 15.4 Å². The van der Waals surface area contributed by atoms with Crippen molar-refractivity contribution in [3.63, 3.8) is 0 Å². The second kappa shape index (κ2) is 9.58. The van der Waals surface area contributed by atoms with E-state index in [1.165, 1.54) is 6.33 Å². The molecule has 0 bridgehead atoms. The number of ether oxygens (including phenoxy) is 1. The van der Waals surface area contributed by atoms with Crippen LogP contribution in [0.3, 0.4) is 0 Å². The van der Waals surface area contributed by atoms with Crippen molar-refractivity contribution in [3.8, 4) is 5.75 Å². The molecule has 0 saturated carbocycles. The third-order valence-corrected chi connectivity index (χ3v) is 3.42. The maximum atomic E-state index is 12.5. The Balaban J connectivity index is 1.99. The van der Waals surface area contributed by atoms with Gasteiger partial charge in [-0.3, -0.25) is 4.79 Å². The molecule has 7 nitrogen and oxygen atoms in total. The summed E-state index contributed by atoms with van der Waals surface area (Å²) >= 11 is 0. The first-order valence-electron chi connectivity index (χ1n) is 8.34. The van der Waals surface area contributed by atoms with Crippen LogP contribution in [0.5, 0.6) is 5.75 Å². The molecule has 1 aromatic carbocycles. The first-order chi connectivity index (χ1) is 12.1. The van der Waals surface area contributed by atoms with Gasteiger partial charge >= 0.3 is 0 Å². The van der Waals surface area contributed by atoms with Crippen LogP contribution in [0.2, 0.25) is 0 Å². The molecule has 0 atom stereocenters. The van der Waals surface area contributed by atoms with Gasteiger partial charge in [0.2, 0.25) is 0 Å². The minimum absolute atomic E-state index is 0.300. The molecule has 2 N–H and O–H groups in total. The van der Waals surface area contributed by atoms with E-state index in [-0.39, 0.29) is 5.91 Å². The van der Waals surface area contributed by atoms with E-state index < -0.39 is 0 Å². The minimum Gasteiger partial charge on any atom is -0.492 e. The molecule has 1 amide bonds. The Morgan fingerprint density at radius 2 is 2.04 bits per heavy atom. The molecule has 0 fully saturated rings. The molecule has 0 aliphatic rings. The first kappa shape index (κ1) is 18.7. The van der Waals surface area contributed by atoms with Crippen LogP contribution in [0, 0.1) is 0 Å². The van der Waals surface area contributed by atoms with Crippen LogP contribution in [-0.2, 0) is 0 Å². The molecular weight excluding hydrogens is 318 g/mol. The van der Waals surface area contributed by atoms with E-state index in [1.807, 2.05) is 39.2 Å². The second-order valence-corrected chi connectivity index (χ2v) is 5.76. The molecule has 0 saturated heterocycles. The van der Waals surface area contributed by atoms with Gasteiger partial charge in [0.05, 0.1) is 12.3 Å². The average molecular weight is 343 g/mol. The highest BCUT2D eigenvalue weighted by Gasteiger charge is 2.12. The number of nitrogens with zero attached hydrogens (tertiary/aromatic N) is 3. The fraction of sp³-hybridized carbons (Fsp3) is 0.389. The predicted molar refractivity (Wildman–Crippen MR) is 99.3 cm³/mol. The quantitative estimate of drug-likeness (QED) is 0.681. The fourth-order valence-corrected chi connectivity index (χ4v) is 2.23. The number of para-hydroxylation sites is 2. The van der Waals surface area contributed by atoms with Gasteiger partial charge < -0.3 is 20.3 Å². The lowest BCUT2D eigenvalue weighted by molar-refractivity contribution is 0.102. The molecule has 25 heavy (non-hydrogen) atoms. The van der Waals surface area contributed by atoms with Crippen LogP contribution in [0.4, 0.5) is 11.5 Å². The third-order valence-electron chi connectivity index (χ3n) is 3.42. The molecule has 0 aliphatic heterocycles. The monoisotopic (exact) mass is 343 g/mol. The van der Waals surface area contributed by atoms with E-state index in [1.54, 1.807) is 12.1 Å². The highest BCUT2D eigenvalue weighted by molar-refractivity contribution is 6.04. The van der Waals surface area contributed by atoms with Gasteiger partial charge in [-0.1, -0.05) is 12.1 Å². The van der Waals surface area contributed by atoms with E-state index in [4.69, 9.17) is 4.74 Å². The van der Waals surface area contributed by atoms with Crippen molar-refractivity contribution in [1.29, 1.82) is 0 Å². The Morgan fingerprint density at radius 1 is 1.24 bits per heavy atom. The Kier molecular flexibility index (Phi) is 7.16. The molecule has 0 aliphatic carbocycles. The number of nitrogens with one attached hydrogen (secondary N) is 2. The zero-order valence-electron chi connectivity index (χ0n) is 15.0. The molecule has 1 aromatic heterocycles. The number of hydrogen-bond acceptors (Lipinski definition) is 6. The lowest BCUT2D eigenvalue weighted by Gasteiger charge is -2.12. The van der Waals surface area contributed by atoms with Gasteiger partial charge in [-0.25, -0.2) is 9.97 Å². The van der Waals surface area contributed by atoms with Crippen molar-refractivity contribution in [3.05, 3.63) is 42.4 Å². The lowest BCUT2D eigenvalue weighted by atomic mass is 10.2. The van der Waals surface area contributed by atoms with E-state index >= 15 is 0 Å². The summed E-state index contributed by atoms with van der Waals surface area (Å²) in [7, 11) is 4.07. The summed E-state index contributed by atoms with van der Waals surface area (Å²) in [6.07, 6.45) is 2.37. The first-order valence-corrected chi connectivity index (χ1v) is 8.34. The number of amides is 1. The predicted octanol–water partition coefficient (Wildman–Crippen LogP) is 2.49. The molecule has 7 heteroatoms. The van der Waals surface area contributed by atoms with Crippen molar-refractivity contribution in [1.82, 2.24) is 14.9 Å². The number of benzene rings is 1. The zero-order chi connectivity index (χ0) is 18.1. The van der Waals surface area contributed by atoms with Crippen molar-refractivity contribution in [2.45, 2.75) is 13.3 Å². The molecule has 0 spiro atoms. The van der Waals surface area contributed by atoms with Crippen LogP contribution in [0.15, 0.2) is 36.7 Å². The fourth-order valence-electron chi connectivity index (χ4n) is 2.23. The summed E-state index contributed by atoms with van der Waals surface area (Å²) in [5.41, 5.74) is 0.921. The summed E-state index contributed by atoms with van der Waals surface area (Å²) in [6, 6.07) is 8.96. The van der Waals surface area contributed by atoms with Crippen LogP contribution in [-0.4, -0.2) is 54.6 Å². The highest BCUT2D eigenvalue weighted by atomic mass is 16.5. The van der Waals surface area contributed by atoms with Gasteiger partial charge in [0.15, 0.2) is 0 Å². The summed E-state index contributed by atoms with van der Waals surface area (Å²) in [4.78, 5) is 22.8. The molecule has 0 radical (unpaired) electrons. The van der Waals surface area contributed by atoms with E-state index in [0.29, 0.717) is 29.6 Å². The largest absolute Gasteiger partial charge is 0.492 e. The van der Waals surface area contributed by atoms with Gasteiger partial charge in [-0.2, -0.15) is 0 Å². The summed E-state index contributed by atoms with van der Waals surface area (Å²) in [5, 5.41) is 6.04. The number of aromatic nitrogens is 2. The van der Waals surface area contributed by atoms with E-state index in [2.05, 4.69) is 25.5 Å². The van der Waals surface area contributed by atoms with Gasteiger partial charge in [0, 0.05) is 12.6 Å². The SMILES string of the molecule is CCOc1ccccc1NC(=O)c1cc(NCCCN(C)C)ncn1. The summed E-state index contributed by atoms with van der Waals surface area (Å²) < 4.78 is 5.52. The van der Waals surface area contributed by atoms with Crippen molar-refractivity contribution in [2.75, 3.05) is 44.4 Å². The Hall–Kier alpha value is -2.67. The Bertz CT molecular complexity index is 691. The average Bonchev–Trinajstić information content (AvgIpc) is 2.61.